The first-order valence-electron chi connectivity index (χ1n) is 8.51. The number of hydrogen-bond acceptors (Lipinski definition) is 3. The van der Waals surface area contributed by atoms with E-state index in [0.717, 1.165) is 5.56 Å². The third-order valence-corrected chi connectivity index (χ3v) is 4.36. The van der Waals surface area contributed by atoms with Crippen LogP contribution in [-0.2, 0) is 16.1 Å². The van der Waals surface area contributed by atoms with Crippen LogP contribution in [0.1, 0.15) is 24.8 Å². The van der Waals surface area contributed by atoms with Crippen molar-refractivity contribution in [2.45, 2.75) is 25.8 Å². The number of nitrogens with one attached hydrogen (secondary N) is 1. The van der Waals surface area contributed by atoms with Gasteiger partial charge in [-0.15, -0.1) is 0 Å². The summed E-state index contributed by atoms with van der Waals surface area (Å²) in [6.45, 7) is 1.77. The Balaban J connectivity index is 1.76. The zero-order valence-corrected chi connectivity index (χ0v) is 14.5. The van der Waals surface area contributed by atoms with Crippen molar-refractivity contribution in [2.75, 3.05) is 26.7 Å². The van der Waals surface area contributed by atoms with Crippen LogP contribution >= 0.6 is 0 Å². The molecule has 1 aliphatic heterocycles. The number of likely N-dealkylation sites (tertiary alicyclic amines) is 1. The van der Waals surface area contributed by atoms with Gasteiger partial charge in [-0.3, -0.25) is 9.59 Å². The van der Waals surface area contributed by atoms with Crippen LogP contribution in [-0.4, -0.2) is 59.5 Å². The number of nitrogens with zero attached hydrogens (tertiary/aromatic N) is 2. The number of carbonyl (C=O) groups is 3. The predicted molar refractivity (Wildman–Crippen MR) is 92.9 cm³/mol. The Morgan fingerprint density at radius 2 is 1.84 bits per heavy atom. The Hall–Kier alpha value is -2.57. The molecule has 3 amide bonds. The molecule has 25 heavy (non-hydrogen) atoms. The Morgan fingerprint density at radius 1 is 1.20 bits per heavy atom. The SMILES string of the molecule is CN(Cc1ccccc1)C(=O)N1CCC(C(=O)NCCC(=O)O)CC1. The number of benzene rings is 1. The van der Waals surface area contributed by atoms with Gasteiger partial charge in [0.05, 0.1) is 6.42 Å². The number of urea groups is 1. The first kappa shape index (κ1) is 18.8. The van der Waals surface area contributed by atoms with E-state index in [2.05, 4.69) is 5.32 Å². The molecular weight excluding hydrogens is 322 g/mol. The van der Waals surface area contributed by atoms with E-state index in [4.69, 9.17) is 5.11 Å². The molecule has 0 aromatic heterocycles. The van der Waals surface area contributed by atoms with Crippen LogP contribution in [0.3, 0.4) is 0 Å². The van der Waals surface area contributed by atoms with Crippen LogP contribution in [0.15, 0.2) is 30.3 Å². The normalized spacial score (nSPS) is 14.8. The molecular formula is C18H25N3O4. The third kappa shape index (κ3) is 5.77. The number of hydrogen-bond donors (Lipinski definition) is 2. The van der Waals surface area contributed by atoms with Crippen LogP contribution in [0.4, 0.5) is 4.79 Å². The first-order valence-corrected chi connectivity index (χ1v) is 8.51. The molecule has 0 aliphatic carbocycles. The van der Waals surface area contributed by atoms with Crippen LogP contribution < -0.4 is 5.32 Å². The van der Waals surface area contributed by atoms with E-state index in [1.54, 1.807) is 16.8 Å². The molecule has 1 saturated heterocycles. The van der Waals surface area contributed by atoms with Crippen molar-refractivity contribution in [3.8, 4) is 0 Å². The van der Waals surface area contributed by atoms with Crippen molar-refractivity contribution in [1.29, 1.82) is 0 Å². The summed E-state index contributed by atoms with van der Waals surface area (Å²) in [5, 5.41) is 11.2. The van der Waals surface area contributed by atoms with Gasteiger partial charge < -0.3 is 20.2 Å². The number of amides is 3. The van der Waals surface area contributed by atoms with Crippen LogP contribution in [0.5, 0.6) is 0 Å². The molecule has 0 saturated carbocycles. The Kier molecular flexibility index (Phi) is 6.80. The molecule has 7 nitrogen and oxygen atoms in total. The Labute approximate surface area is 147 Å². The van der Waals surface area contributed by atoms with E-state index in [0.29, 0.717) is 32.5 Å². The largest absolute Gasteiger partial charge is 0.481 e. The lowest BCUT2D eigenvalue weighted by molar-refractivity contribution is -0.137. The van der Waals surface area contributed by atoms with Gasteiger partial charge in [0.25, 0.3) is 0 Å². The minimum Gasteiger partial charge on any atom is -0.481 e. The van der Waals surface area contributed by atoms with Gasteiger partial charge in [0, 0.05) is 39.1 Å². The summed E-state index contributed by atoms with van der Waals surface area (Å²) in [6.07, 6.45) is 1.13. The fraction of sp³-hybridized carbons (Fsp3) is 0.500. The van der Waals surface area contributed by atoms with Gasteiger partial charge in [0.1, 0.15) is 0 Å². The van der Waals surface area contributed by atoms with E-state index in [1.165, 1.54) is 0 Å². The highest BCUT2D eigenvalue weighted by Crippen LogP contribution is 2.19. The second kappa shape index (κ2) is 9.05. The molecule has 1 aromatic carbocycles. The molecule has 136 valence electrons. The fourth-order valence-electron chi connectivity index (χ4n) is 2.94. The molecule has 7 heteroatoms. The summed E-state index contributed by atoms with van der Waals surface area (Å²) in [4.78, 5) is 38.4. The summed E-state index contributed by atoms with van der Waals surface area (Å²) in [5.74, 6) is -1.20. The standard InChI is InChI=1S/C18H25N3O4/c1-20(13-14-5-3-2-4-6-14)18(25)21-11-8-15(9-12-21)17(24)19-10-7-16(22)23/h2-6,15H,7-13H2,1H3,(H,19,24)(H,22,23). The predicted octanol–water partition coefficient (Wildman–Crippen LogP) is 1.54. The average molecular weight is 347 g/mol. The highest BCUT2D eigenvalue weighted by Gasteiger charge is 2.28. The highest BCUT2D eigenvalue weighted by molar-refractivity contribution is 5.80. The van der Waals surface area contributed by atoms with Crippen molar-refractivity contribution in [3.05, 3.63) is 35.9 Å². The average Bonchev–Trinajstić information content (AvgIpc) is 2.61. The number of aliphatic carboxylic acids is 1. The molecule has 0 unspecified atom stereocenters. The number of piperidine rings is 1. The van der Waals surface area contributed by atoms with Crippen molar-refractivity contribution < 1.29 is 19.5 Å². The van der Waals surface area contributed by atoms with Crippen molar-refractivity contribution in [2.24, 2.45) is 5.92 Å². The summed E-state index contributed by atoms with van der Waals surface area (Å²) in [6, 6.07) is 9.77. The zero-order valence-electron chi connectivity index (χ0n) is 14.5. The summed E-state index contributed by atoms with van der Waals surface area (Å²) in [7, 11) is 1.78. The van der Waals surface area contributed by atoms with E-state index >= 15 is 0 Å². The number of carboxylic acid groups (broad SMARTS) is 1. The second-order valence-electron chi connectivity index (χ2n) is 6.32. The molecule has 1 heterocycles. The molecule has 2 rings (SSSR count). The third-order valence-electron chi connectivity index (χ3n) is 4.36. The van der Waals surface area contributed by atoms with Crippen LogP contribution in [0.2, 0.25) is 0 Å². The maximum Gasteiger partial charge on any atom is 0.320 e. The molecule has 1 aliphatic rings. The molecule has 0 bridgehead atoms. The van der Waals surface area contributed by atoms with Crippen molar-refractivity contribution in [3.63, 3.8) is 0 Å². The van der Waals surface area contributed by atoms with Gasteiger partial charge in [-0.1, -0.05) is 30.3 Å². The lowest BCUT2D eigenvalue weighted by Crippen LogP contribution is -2.47. The minimum absolute atomic E-state index is 0.0337. The Bertz CT molecular complexity index is 598. The minimum atomic E-state index is -0.929. The molecule has 2 N–H and O–H groups in total. The summed E-state index contributed by atoms with van der Waals surface area (Å²) >= 11 is 0. The highest BCUT2D eigenvalue weighted by atomic mass is 16.4. The van der Waals surface area contributed by atoms with Gasteiger partial charge in [-0.25, -0.2) is 4.79 Å². The van der Waals surface area contributed by atoms with Gasteiger partial charge >= 0.3 is 12.0 Å². The number of carbonyl (C=O) groups excluding carboxylic acids is 2. The lowest BCUT2D eigenvalue weighted by Gasteiger charge is -2.34. The van der Waals surface area contributed by atoms with Gasteiger partial charge in [-0.05, 0) is 18.4 Å². The Morgan fingerprint density at radius 3 is 2.44 bits per heavy atom. The van der Waals surface area contributed by atoms with Crippen LogP contribution in [0, 0.1) is 5.92 Å². The van der Waals surface area contributed by atoms with E-state index in [1.807, 2.05) is 30.3 Å². The number of carboxylic acids is 1. The maximum atomic E-state index is 12.5. The lowest BCUT2D eigenvalue weighted by atomic mass is 9.96. The number of rotatable bonds is 6. The van der Waals surface area contributed by atoms with E-state index in [9.17, 15) is 14.4 Å². The zero-order chi connectivity index (χ0) is 18.2. The van der Waals surface area contributed by atoms with Gasteiger partial charge in [0.2, 0.25) is 5.91 Å². The van der Waals surface area contributed by atoms with Crippen molar-refractivity contribution >= 4 is 17.9 Å². The van der Waals surface area contributed by atoms with Gasteiger partial charge in [-0.2, -0.15) is 0 Å². The van der Waals surface area contributed by atoms with E-state index in [-0.39, 0.29) is 30.8 Å². The summed E-state index contributed by atoms with van der Waals surface area (Å²) < 4.78 is 0. The quantitative estimate of drug-likeness (QED) is 0.817. The molecule has 0 atom stereocenters. The smallest absolute Gasteiger partial charge is 0.320 e. The molecule has 0 spiro atoms. The molecule has 1 fully saturated rings. The monoisotopic (exact) mass is 347 g/mol. The second-order valence-corrected chi connectivity index (χ2v) is 6.32. The molecule has 0 radical (unpaired) electrons. The fourth-order valence-corrected chi connectivity index (χ4v) is 2.94. The molecule has 1 aromatic rings. The van der Waals surface area contributed by atoms with Gasteiger partial charge in [0.15, 0.2) is 0 Å². The topological polar surface area (TPSA) is 90.0 Å². The van der Waals surface area contributed by atoms with Crippen molar-refractivity contribution in [1.82, 2.24) is 15.1 Å². The maximum absolute atomic E-state index is 12.5. The summed E-state index contributed by atoms with van der Waals surface area (Å²) in [5.41, 5.74) is 1.08. The van der Waals surface area contributed by atoms with Crippen LogP contribution in [0.25, 0.3) is 0 Å². The first-order chi connectivity index (χ1) is 12.0. The van der Waals surface area contributed by atoms with E-state index < -0.39 is 5.97 Å².